The van der Waals surface area contributed by atoms with Crippen LogP contribution in [-0.4, -0.2) is 24.8 Å². The van der Waals surface area contributed by atoms with Gasteiger partial charge in [0.2, 0.25) is 0 Å². The number of ether oxygens (including phenoxy) is 1. The average molecular weight is 241 g/mol. The van der Waals surface area contributed by atoms with E-state index in [2.05, 4.69) is 46.5 Å². The van der Waals surface area contributed by atoms with Gasteiger partial charge >= 0.3 is 0 Å². The minimum Gasteiger partial charge on any atom is -0.374 e. The Kier molecular flexibility index (Phi) is 8.53. The highest BCUT2D eigenvalue weighted by molar-refractivity contribution is 4.95. The van der Waals surface area contributed by atoms with Gasteiger partial charge in [0.25, 0.3) is 0 Å². The fraction of sp³-hybridized carbons (Fsp3) is 0.867. The molecular weight excluding hydrogens is 210 g/mol. The summed E-state index contributed by atoms with van der Waals surface area (Å²) in [6, 6.07) is 0.420. The number of hydrogen-bond donors (Lipinski definition) is 1. The second kappa shape index (κ2) is 8.71. The molecule has 0 bridgehead atoms. The first-order valence-corrected chi connectivity index (χ1v) is 7.01. The monoisotopic (exact) mass is 241 g/mol. The maximum absolute atomic E-state index is 5.98. The van der Waals surface area contributed by atoms with Crippen LogP contribution in [0.15, 0.2) is 12.2 Å². The summed E-state index contributed by atoms with van der Waals surface area (Å²) in [5.41, 5.74) is 1.20. The van der Waals surface area contributed by atoms with Gasteiger partial charge in [-0.25, -0.2) is 0 Å². The third kappa shape index (κ3) is 6.23. The fourth-order valence-electron chi connectivity index (χ4n) is 2.11. The van der Waals surface area contributed by atoms with Crippen LogP contribution in [0.3, 0.4) is 0 Å². The van der Waals surface area contributed by atoms with Crippen molar-refractivity contribution in [3.05, 3.63) is 12.2 Å². The predicted molar refractivity (Wildman–Crippen MR) is 76.5 cm³/mol. The number of rotatable bonds is 10. The highest BCUT2D eigenvalue weighted by Gasteiger charge is 2.32. The Hall–Kier alpha value is -0.340. The van der Waals surface area contributed by atoms with Crippen molar-refractivity contribution in [3.8, 4) is 0 Å². The molecule has 0 heterocycles. The summed E-state index contributed by atoms with van der Waals surface area (Å²) in [5, 5.41) is 3.64. The van der Waals surface area contributed by atoms with Gasteiger partial charge in [0, 0.05) is 12.6 Å². The van der Waals surface area contributed by atoms with Gasteiger partial charge in [-0.15, -0.1) is 6.58 Å². The lowest BCUT2D eigenvalue weighted by molar-refractivity contribution is -0.0568. The van der Waals surface area contributed by atoms with E-state index < -0.39 is 0 Å². The Balaban J connectivity index is 4.54. The summed E-state index contributed by atoms with van der Waals surface area (Å²) in [7, 11) is 0. The highest BCUT2D eigenvalue weighted by Crippen LogP contribution is 2.24. The molecule has 0 aromatic heterocycles. The molecule has 0 aliphatic rings. The van der Waals surface area contributed by atoms with Crippen molar-refractivity contribution in [2.24, 2.45) is 0 Å². The Labute approximate surface area is 108 Å². The normalized spacial score (nSPS) is 16.5. The van der Waals surface area contributed by atoms with Gasteiger partial charge in [-0.1, -0.05) is 19.4 Å². The second-order valence-electron chi connectivity index (χ2n) is 5.10. The number of allylic oxidation sites excluding steroid dienone is 1. The number of hydrogen-bond acceptors (Lipinski definition) is 2. The SMILES string of the molecule is C=C(C)CCC(NCCC)C(C)(CC)OCC. The van der Waals surface area contributed by atoms with Crippen molar-refractivity contribution in [2.75, 3.05) is 13.2 Å². The van der Waals surface area contributed by atoms with Crippen molar-refractivity contribution >= 4 is 0 Å². The Morgan fingerprint density at radius 2 is 2.00 bits per heavy atom. The molecule has 0 aliphatic heterocycles. The van der Waals surface area contributed by atoms with Crippen LogP contribution in [0.1, 0.15) is 60.3 Å². The minimum atomic E-state index is -0.0562. The van der Waals surface area contributed by atoms with Crippen molar-refractivity contribution in [2.45, 2.75) is 71.9 Å². The Morgan fingerprint density at radius 3 is 2.41 bits per heavy atom. The highest BCUT2D eigenvalue weighted by atomic mass is 16.5. The molecule has 0 aromatic rings. The molecule has 0 saturated heterocycles. The molecular formula is C15H31NO. The second-order valence-corrected chi connectivity index (χ2v) is 5.10. The molecule has 0 amide bonds. The van der Waals surface area contributed by atoms with Crippen molar-refractivity contribution < 1.29 is 4.74 Å². The molecule has 0 radical (unpaired) electrons. The van der Waals surface area contributed by atoms with Crippen molar-refractivity contribution in [1.29, 1.82) is 0 Å². The smallest absolute Gasteiger partial charge is 0.0804 e. The molecule has 2 heteroatoms. The molecule has 102 valence electrons. The molecule has 2 nitrogen and oxygen atoms in total. The third-order valence-electron chi connectivity index (χ3n) is 3.41. The Morgan fingerprint density at radius 1 is 1.35 bits per heavy atom. The molecule has 0 aromatic carbocycles. The third-order valence-corrected chi connectivity index (χ3v) is 3.41. The van der Waals surface area contributed by atoms with Gasteiger partial charge in [-0.2, -0.15) is 0 Å². The lowest BCUT2D eigenvalue weighted by Gasteiger charge is -2.37. The summed E-state index contributed by atoms with van der Waals surface area (Å²) < 4.78 is 5.98. The molecule has 0 saturated carbocycles. The predicted octanol–water partition coefficient (Wildman–Crippen LogP) is 3.92. The van der Waals surface area contributed by atoms with Crippen LogP contribution in [0.25, 0.3) is 0 Å². The molecule has 2 unspecified atom stereocenters. The van der Waals surface area contributed by atoms with E-state index in [0.29, 0.717) is 6.04 Å². The minimum absolute atomic E-state index is 0.0562. The van der Waals surface area contributed by atoms with E-state index >= 15 is 0 Å². The van der Waals surface area contributed by atoms with Gasteiger partial charge in [-0.05, 0) is 53.0 Å². The van der Waals surface area contributed by atoms with Crippen molar-refractivity contribution in [1.82, 2.24) is 5.32 Å². The van der Waals surface area contributed by atoms with Crippen LogP contribution in [0.5, 0.6) is 0 Å². The van der Waals surface area contributed by atoms with Gasteiger partial charge in [0.15, 0.2) is 0 Å². The average Bonchev–Trinajstić information content (AvgIpc) is 2.29. The standard InChI is InChI=1S/C15H31NO/c1-7-12-16-14(11-10-13(4)5)15(6,8-2)17-9-3/h14,16H,4,7-12H2,1-3,5-6H3. The first-order chi connectivity index (χ1) is 8.00. The maximum Gasteiger partial charge on any atom is 0.0804 e. The molecule has 0 rings (SSSR count). The lowest BCUT2D eigenvalue weighted by Crippen LogP contribution is -2.50. The summed E-state index contributed by atoms with van der Waals surface area (Å²) in [5.74, 6) is 0. The fourth-order valence-corrected chi connectivity index (χ4v) is 2.11. The maximum atomic E-state index is 5.98. The van der Waals surface area contributed by atoms with Gasteiger partial charge < -0.3 is 10.1 Å². The van der Waals surface area contributed by atoms with Gasteiger partial charge in [0.05, 0.1) is 5.60 Å². The van der Waals surface area contributed by atoms with Crippen LogP contribution < -0.4 is 5.32 Å². The zero-order chi connectivity index (χ0) is 13.3. The molecule has 1 N–H and O–H groups in total. The van der Waals surface area contributed by atoms with E-state index in [1.165, 1.54) is 5.57 Å². The zero-order valence-electron chi connectivity index (χ0n) is 12.4. The summed E-state index contributed by atoms with van der Waals surface area (Å²) in [4.78, 5) is 0. The van der Waals surface area contributed by atoms with Crippen LogP contribution in [0.4, 0.5) is 0 Å². The van der Waals surface area contributed by atoms with E-state index in [1.807, 2.05) is 0 Å². The largest absolute Gasteiger partial charge is 0.374 e. The quantitative estimate of drug-likeness (QED) is 0.585. The van der Waals surface area contributed by atoms with E-state index in [-0.39, 0.29) is 5.60 Å². The molecule has 2 atom stereocenters. The topological polar surface area (TPSA) is 21.3 Å². The molecule has 0 aliphatic carbocycles. The van der Waals surface area contributed by atoms with Gasteiger partial charge in [0.1, 0.15) is 0 Å². The zero-order valence-corrected chi connectivity index (χ0v) is 12.4. The van der Waals surface area contributed by atoms with Crippen LogP contribution in [-0.2, 0) is 4.74 Å². The molecule has 0 spiro atoms. The summed E-state index contributed by atoms with van der Waals surface area (Å²) in [6.45, 7) is 16.6. The van der Waals surface area contributed by atoms with E-state index in [0.717, 1.165) is 38.8 Å². The first kappa shape index (κ1) is 16.7. The summed E-state index contributed by atoms with van der Waals surface area (Å²) >= 11 is 0. The molecule has 17 heavy (non-hydrogen) atoms. The number of nitrogens with one attached hydrogen (secondary N) is 1. The van der Waals surface area contributed by atoms with Crippen LogP contribution in [0.2, 0.25) is 0 Å². The van der Waals surface area contributed by atoms with Gasteiger partial charge in [-0.3, -0.25) is 0 Å². The lowest BCUT2D eigenvalue weighted by atomic mass is 9.88. The Bertz CT molecular complexity index is 215. The summed E-state index contributed by atoms with van der Waals surface area (Å²) in [6.07, 6.45) is 4.39. The van der Waals surface area contributed by atoms with Crippen molar-refractivity contribution in [3.63, 3.8) is 0 Å². The van der Waals surface area contributed by atoms with Crippen LogP contribution in [0, 0.1) is 0 Å². The van der Waals surface area contributed by atoms with E-state index in [1.54, 1.807) is 0 Å². The van der Waals surface area contributed by atoms with Crippen LogP contribution >= 0.6 is 0 Å². The van der Waals surface area contributed by atoms with E-state index in [9.17, 15) is 0 Å². The first-order valence-electron chi connectivity index (χ1n) is 7.01. The molecule has 0 fully saturated rings. The van der Waals surface area contributed by atoms with E-state index in [4.69, 9.17) is 4.74 Å².